The molecule has 168 valence electrons. The number of rotatable bonds is 3. The average Bonchev–Trinajstić information content (AvgIpc) is 3.40. The van der Waals surface area contributed by atoms with Crippen LogP contribution in [0.1, 0.15) is 17.3 Å². The first-order valence-electron chi connectivity index (χ1n) is 9.78. The van der Waals surface area contributed by atoms with Crippen molar-refractivity contribution in [2.75, 3.05) is 23.4 Å². The lowest BCUT2D eigenvalue weighted by molar-refractivity contribution is -0.147. The zero-order valence-electron chi connectivity index (χ0n) is 17.1. The first kappa shape index (κ1) is 21.0. The lowest BCUT2D eigenvalue weighted by Gasteiger charge is -2.29. The minimum atomic E-state index is -4.54. The number of aromatic amines is 1. The predicted molar refractivity (Wildman–Crippen MR) is 114 cm³/mol. The summed E-state index contributed by atoms with van der Waals surface area (Å²) in [5, 5.41) is 17.5. The van der Waals surface area contributed by atoms with Crippen molar-refractivity contribution < 1.29 is 13.2 Å². The van der Waals surface area contributed by atoms with E-state index in [2.05, 4.69) is 25.1 Å². The molecule has 1 aliphatic heterocycles. The number of nitriles is 1. The van der Waals surface area contributed by atoms with Gasteiger partial charge in [-0.3, -0.25) is 0 Å². The van der Waals surface area contributed by atoms with Gasteiger partial charge in [-0.2, -0.15) is 18.4 Å². The van der Waals surface area contributed by atoms with Gasteiger partial charge in [-0.1, -0.05) is 11.6 Å². The van der Waals surface area contributed by atoms with E-state index in [4.69, 9.17) is 11.6 Å². The Morgan fingerprint density at radius 2 is 2.03 bits per heavy atom. The largest absolute Gasteiger partial charge is 0.451 e. The van der Waals surface area contributed by atoms with Crippen molar-refractivity contribution in [1.29, 1.82) is 5.26 Å². The highest BCUT2D eigenvalue weighted by Gasteiger charge is 2.39. The van der Waals surface area contributed by atoms with Gasteiger partial charge in [-0.25, -0.2) is 9.97 Å². The number of pyridine rings is 2. The molecule has 0 amide bonds. The smallest absolute Gasteiger partial charge is 0.347 e. The number of hydrogen-bond acceptors (Lipinski definition) is 7. The summed E-state index contributed by atoms with van der Waals surface area (Å²) in [5.41, 5.74) is 2.20. The van der Waals surface area contributed by atoms with Gasteiger partial charge in [0.25, 0.3) is 0 Å². The third-order valence-corrected chi connectivity index (χ3v) is 5.68. The number of nitrogens with one attached hydrogen (secondary N) is 1. The van der Waals surface area contributed by atoms with Gasteiger partial charge in [-0.15, -0.1) is 10.2 Å². The summed E-state index contributed by atoms with van der Waals surface area (Å²) < 4.78 is 40.3. The van der Waals surface area contributed by atoms with Crippen LogP contribution in [0.3, 0.4) is 0 Å². The minimum absolute atomic E-state index is 0.112. The lowest BCUT2D eigenvalue weighted by Crippen LogP contribution is -2.35. The van der Waals surface area contributed by atoms with Gasteiger partial charge >= 0.3 is 6.18 Å². The minimum Gasteiger partial charge on any atom is -0.347 e. The molecule has 13 heteroatoms. The Bertz CT molecular complexity index is 1390. The van der Waals surface area contributed by atoms with Gasteiger partial charge in [0.1, 0.15) is 28.4 Å². The fraction of sp³-hybridized carbons (Fsp3) is 0.250. The van der Waals surface area contributed by atoms with E-state index in [1.807, 2.05) is 29.0 Å². The number of aromatic nitrogens is 6. The Morgan fingerprint density at radius 3 is 2.73 bits per heavy atom. The van der Waals surface area contributed by atoms with Crippen molar-refractivity contribution in [1.82, 2.24) is 29.7 Å². The standard InChI is InChI=1S/C20H15ClF3N9/c1-31(14-6-11(8-25)27-18-13(14)7-15(21)28-18)12-2-3-16(26-9-12)32-4-5-33-17(10-32)29-30-19(33)20(22,23)24/h2-3,6-7,9H,4-5,10H2,1H3,(H,27,28). The first-order valence-corrected chi connectivity index (χ1v) is 10.2. The Morgan fingerprint density at radius 1 is 1.21 bits per heavy atom. The molecule has 5 heterocycles. The monoisotopic (exact) mass is 473 g/mol. The second-order valence-corrected chi connectivity index (χ2v) is 7.87. The van der Waals surface area contributed by atoms with Crippen molar-refractivity contribution in [3.05, 3.63) is 53.0 Å². The molecule has 1 N–H and O–H groups in total. The van der Waals surface area contributed by atoms with Crippen LogP contribution in [0.15, 0.2) is 30.5 Å². The van der Waals surface area contributed by atoms with Crippen LogP contribution in [0.2, 0.25) is 5.15 Å². The van der Waals surface area contributed by atoms with Crippen LogP contribution in [0.25, 0.3) is 11.0 Å². The summed E-state index contributed by atoms with van der Waals surface area (Å²) >= 11 is 6.08. The van der Waals surface area contributed by atoms with Gasteiger partial charge in [0.15, 0.2) is 5.82 Å². The van der Waals surface area contributed by atoms with Crippen LogP contribution in [0.5, 0.6) is 0 Å². The molecule has 0 bridgehead atoms. The van der Waals surface area contributed by atoms with E-state index in [0.29, 0.717) is 23.2 Å². The molecule has 0 unspecified atom stereocenters. The van der Waals surface area contributed by atoms with Gasteiger partial charge in [0.05, 0.1) is 24.1 Å². The van der Waals surface area contributed by atoms with Crippen molar-refractivity contribution in [3.63, 3.8) is 0 Å². The second-order valence-electron chi connectivity index (χ2n) is 7.46. The highest BCUT2D eigenvalue weighted by Crippen LogP contribution is 2.34. The summed E-state index contributed by atoms with van der Waals surface area (Å²) in [6.07, 6.45) is -2.88. The summed E-state index contributed by atoms with van der Waals surface area (Å²) in [5.74, 6) is -0.131. The first-order chi connectivity index (χ1) is 15.7. The zero-order valence-corrected chi connectivity index (χ0v) is 17.9. The van der Waals surface area contributed by atoms with Crippen LogP contribution < -0.4 is 9.80 Å². The maximum Gasteiger partial charge on any atom is 0.451 e. The Balaban J connectivity index is 1.40. The lowest BCUT2D eigenvalue weighted by atomic mass is 10.2. The number of nitrogens with zero attached hydrogens (tertiary/aromatic N) is 8. The van der Waals surface area contributed by atoms with Gasteiger partial charge < -0.3 is 19.4 Å². The molecule has 4 aromatic rings. The third-order valence-electron chi connectivity index (χ3n) is 5.47. The summed E-state index contributed by atoms with van der Waals surface area (Å²) in [4.78, 5) is 15.3. The fourth-order valence-electron chi connectivity index (χ4n) is 3.86. The highest BCUT2D eigenvalue weighted by atomic mass is 35.5. The van der Waals surface area contributed by atoms with E-state index in [9.17, 15) is 18.4 Å². The molecule has 4 aromatic heterocycles. The van der Waals surface area contributed by atoms with Crippen LogP contribution in [0.4, 0.5) is 30.4 Å². The molecular weight excluding hydrogens is 459 g/mol. The molecule has 0 atom stereocenters. The second kappa shape index (κ2) is 7.63. The Labute approximate surface area is 190 Å². The molecule has 9 nitrogen and oxygen atoms in total. The molecule has 5 rings (SSSR count). The maximum atomic E-state index is 13.1. The predicted octanol–water partition coefficient (Wildman–Crippen LogP) is 3.88. The number of hydrogen-bond donors (Lipinski definition) is 1. The fourth-order valence-corrected chi connectivity index (χ4v) is 4.05. The average molecular weight is 474 g/mol. The quantitative estimate of drug-likeness (QED) is 0.481. The van der Waals surface area contributed by atoms with Crippen molar-refractivity contribution in [2.45, 2.75) is 19.3 Å². The number of alkyl halides is 3. The van der Waals surface area contributed by atoms with E-state index in [1.165, 1.54) is 0 Å². The number of fused-ring (bicyclic) bond motifs is 2. The van der Waals surface area contributed by atoms with Crippen molar-refractivity contribution >= 4 is 39.8 Å². The van der Waals surface area contributed by atoms with E-state index in [-0.39, 0.29) is 24.6 Å². The highest BCUT2D eigenvalue weighted by molar-refractivity contribution is 6.30. The van der Waals surface area contributed by atoms with E-state index < -0.39 is 12.0 Å². The SMILES string of the molecule is CN(c1ccc(N2CCn3c(nnc3C(F)(F)F)C2)nc1)c1cc(C#N)nc2[nH]c(Cl)cc12. The molecule has 0 spiro atoms. The van der Waals surface area contributed by atoms with Crippen LogP contribution in [-0.2, 0) is 19.3 Å². The van der Waals surface area contributed by atoms with E-state index >= 15 is 0 Å². The molecule has 0 radical (unpaired) electrons. The molecule has 0 fully saturated rings. The molecular formula is C20H15ClF3N9. The molecule has 33 heavy (non-hydrogen) atoms. The third kappa shape index (κ3) is 3.70. The number of H-pyrrole nitrogens is 1. The molecule has 0 aliphatic carbocycles. The summed E-state index contributed by atoms with van der Waals surface area (Å²) in [7, 11) is 1.83. The Hall–Kier alpha value is -3.85. The maximum absolute atomic E-state index is 13.1. The summed E-state index contributed by atoms with van der Waals surface area (Å²) in [6, 6.07) is 9.07. The molecule has 0 aromatic carbocycles. The normalized spacial score (nSPS) is 13.8. The topological polar surface area (TPSA) is 103 Å². The molecule has 0 saturated carbocycles. The van der Waals surface area contributed by atoms with Gasteiger partial charge in [0, 0.05) is 25.5 Å². The summed E-state index contributed by atoms with van der Waals surface area (Å²) in [6.45, 7) is 0.624. The Kier molecular flexibility index (Phi) is 4.86. The van der Waals surface area contributed by atoms with Crippen LogP contribution >= 0.6 is 11.6 Å². The molecule has 0 saturated heterocycles. The van der Waals surface area contributed by atoms with Crippen LogP contribution in [0, 0.1) is 11.3 Å². The van der Waals surface area contributed by atoms with Crippen molar-refractivity contribution in [3.8, 4) is 6.07 Å². The number of halogens is 4. The molecule has 1 aliphatic rings. The van der Waals surface area contributed by atoms with Crippen molar-refractivity contribution in [2.24, 2.45) is 0 Å². The van der Waals surface area contributed by atoms with Gasteiger partial charge in [0.2, 0.25) is 5.82 Å². The zero-order chi connectivity index (χ0) is 23.3. The van der Waals surface area contributed by atoms with E-state index in [1.54, 1.807) is 24.4 Å². The van der Waals surface area contributed by atoms with E-state index in [0.717, 1.165) is 21.3 Å². The van der Waals surface area contributed by atoms with Gasteiger partial charge in [-0.05, 0) is 24.3 Å². The number of anilines is 3. The van der Waals surface area contributed by atoms with Crippen LogP contribution in [-0.4, -0.2) is 43.3 Å².